The van der Waals surface area contributed by atoms with Gasteiger partial charge in [0.15, 0.2) is 0 Å². The van der Waals surface area contributed by atoms with Crippen LogP contribution in [0.3, 0.4) is 0 Å². The van der Waals surface area contributed by atoms with Gasteiger partial charge in [-0.15, -0.1) is 0 Å². The molecular weight excluding hydrogens is 365 g/mol. The third-order valence-corrected chi connectivity index (χ3v) is 6.39. The number of para-hydroxylation sites is 1. The molecule has 1 aromatic heterocycles. The molecular formula is C20H24FN3O2S. The Balaban J connectivity index is 2.14. The normalized spacial score (nSPS) is 13.3. The van der Waals surface area contributed by atoms with E-state index >= 15 is 0 Å². The first kappa shape index (κ1) is 19.4. The van der Waals surface area contributed by atoms with Crippen LogP contribution < -0.4 is 4.90 Å². The first-order valence-electron chi connectivity index (χ1n) is 8.70. The number of anilines is 1. The molecule has 3 rings (SSSR count). The van der Waals surface area contributed by atoms with Crippen LogP contribution in [0.1, 0.15) is 6.92 Å². The molecule has 0 bridgehead atoms. The number of benzene rings is 2. The molecule has 0 amide bonds. The van der Waals surface area contributed by atoms with Crippen molar-refractivity contribution in [2.45, 2.75) is 17.9 Å². The second kappa shape index (κ2) is 7.32. The molecule has 3 aromatic rings. The van der Waals surface area contributed by atoms with Gasteiger partial charge < -0.3 is 9.80 Å². The van der Waals surface area contributed by atoms with E-state index in [1.807, 2.05) is 39.3 Å². The fourth-order valence-corrected chi connectivity index (χ4v) is 4.58. The molecule has 2 aromatic carbocycles. The molecule has 0 saturated carbocycles. The van der Waals surface area contributed by atoms with Crippen LogP contribution in [0.2, 0.25) is 0 Å². The number of fused-ring (bicyclic) bond motifs is 1. The maximum absolute atomic E-state index is 13.2. The lowest BCUT2D eigenvalue weighted by molar-refractivity contribution is 0.377. The smallest absolute Gasteiger partial charge is 0.268 e. The summed E-state index contributed by atoms with van der Waals surface area (Å²) < 4.78 is 40.8. The number of nitrogens with zero attached hydrogens (tertiary/aromatic N) is 3. The van der Waals surface area contributed by atoms with Crippen molar-refractivity contribution in [1.82, 2.24) is 8.87 Å². The van der Waals surface area contributed by atoms with E-state index in [1.54, 1.807) is 12.3 Å². The monoisotopic (exact) mass is 389 g/mol. The van der Waals surface area contributed by atoms with E-state index in [4.69, 9.17) is 0 Å². The zero-order chi connectivity index (χ0) is 19.8. The van der Waals surface area contributed by atoms with Gasteiger partial charge in [0, 0.05) is 31.2 Å². The molecule has 7 heteroatoms. The minimum atomic E-state index is -3.83. The molecule has 0 aliphatic heterocycles. The molecule has 1 heterocycles. The average Bonchev–Trinajstić information content (AvgIpc) is 3.01. The van der Waals surface area contributed by atoms with Gasteiger partial charge >= 0.3 is 0 Å². The minimum absolute atomic E-state index is 0.0557. The third kappa shape index (κ3) is 3.70. The summed E-state index contributed by atoms with van der Waals surface area (Å²) in [6.07, 6.45) is 1.65. The predicted octanol–water partition coefficient (Wildman–Crippen LogP) is 3.40. The lowest BCUT2D eigenvalue weighted by Crippen LogP contribution is -2.37. The summed E-state index contributed by atoms with van der Waals surface area (Å²) in [6.45, 7) is 2.93. The maximum Gasteiger partial charge on any atom is 0.268 e. The van der Waals surface area contributed by atoms with Crippen molar-refractivity contribution in [3.63, 3.8) is 0 Å². The quantitative estimate of drug-likeness (QED) is 0.648. The molecule has 27 heavy (non-hydrogen) atoms. The zero-order valence-electron chi connectivity index (χ0n) is 15.9. The van der Waals surface area contributed by atoms with Crippen LogP contribution in [-0.4, -0.2) is 51.0 Å². The highest BCUT2D eigenvalue weighted by Crippen LogP contribution is 2.32. The van der Waals surface area contributed by atoms with Crippen LogP contribution in [-0.2, 0) is 10.0 Å². The van der Waals surface area contributed by atoms with E-state index in [1.165, 1.54) is 16.1 Å². The van der Waals surface area contributed by atoms with Crippen molar-refractivity contribution in [2.24, 2.45) is 0 Å². The molecule has 0 fully saturated rings. The van der Waals surface area contributed by atoms with Crippen molar-refractivity contribution in [1.29, 1.82) is 0 Å². The standard InChI is InChI=1S/C20H24FN3O2S/c1-15(13-22(2)3)23(4)20-14-24(19-8-6-5-7-18(19)20)27(25,26)17-11-9-16(21)10-12-17/h5-12,14-15H,13H2,1-4H3. The summed E-state index contributed by atoms with van der Waals surface area (Å²) in [5.41, 5.74) is 1.44. The Morgan fingerprint density at radius 2 is 1.67 bits per heavy atom. The highest BCUT2D eigenvalue weighted by Gasteiger charge is 2.23. The van der Waals surface area contributed by atoms with Gasteiger partial charge in [-0.1, -0.05) is 18.2 Å². The summed E-state index contributed by atoms with van der Waals surface area (Å²) in [5, 5.41) is 0.858. The number of likely N-dealkylation sites (N-methyl/N-ethyl adjacent to an activating group) is 2. The summed E-state index contributed by atoms with van der Waals surface area (Å²) in [5.74, 6) is -0.468. The fraction of sp³-hybridized carbons (Fsp3) is 0.300. The SMILES string of the molecule is CC(CN(C)C)N(C)c1cn(S(=O)(=O)c2ccc(F)cc2)c2ccccc12. The Hall–Kier alpha value is -2.38. The van der Waals surface area contributed by atoms with E-state index in [0.717, 1.165) is 29.8 Å². The number of rotatable bonds is 6. The highest BCUT2D eigenvalue weighted by molar-refractivity contribution is 7.90. The minimum Gasteiger partial charge on any atom is -0.369 e. The molecule has 0 aliphatic rings. The first-order chi connectivity index (χ1) is 12.7. The molecule has 5 nitrogen and oxygen atoms in total. The molecule has 1 atom stereocenters. The van der Waals surface area contributed by atoms with E-state index in [9.17, 15) is 12.8 Å². The first-order valence-corrected chi connectivity index (χ1v) is 10.1. The molecule has 1 unspecified atom stereocenters. The Kier molecular flexibility index (Phi) is 5.26. The van der Waals surface area contributed by atoms with E-state index < -0.39 is 15.8 Å². The van der Waals surface area contributed by atoms with Crippen molar-refractivity contribution in [3.05, 3.63) is 60.5 Å². The van der Waals surface area contributed by atoms with Crippen LogP contribution in [0.15, 0.2) is 59.6 Å². The average molecular weight is 389 g/mol. The van der Waals surface area contributed by atoms with E-state index in [-0.39, 0.29) is 10.9 Å². The molecule has 0 aliphatic carbocycles. The third-order valence-electron chi connectivity index (χ3n) is 4.70. The maximum atomic E-state index is 13.2. The Morgan fingerprint density at radius 1 is 1.04 bits per heavy atom. The van der Waals surface area contributed by atoms with Crippen molar-refractivity contribution < 1.29 is 12.8 Å². The fourth-order valence-electron chi connectivity index (χ4n) is 3.22. The summed E-state index contributed by atoms with van der Waals surface area (Å²) in [7, 11) is 2.15. The highest BCUT2D eigenvalue weighted by atomic mass is 32.2. The number of hydrogen-bond acceptors (Lipinski definition) is 4. The Morgan fingerprint density at radius 3 is 2.30 bits per heavy atom. The summed E-state index contributed by atoms with van der Waals surface area (Å²) in [6, 6.07) is 12.5. The van der Waals surface area contributed by atoms with Gasteiger partial charge in [-0.2, -0.15) is 0 Å². The number of hydrogen-bond donors (Lipinski definition) is 0. The largest absolute Gasteiger partial charge is 0.369 e. The zero-order valence-corrected chi connectivity index (χ0v) is 16.7. The molecule has 0 N–H and O–H groups in total. The predicted molar refractivity (Wildman–Crippen MR) is 107 cm³/mol. The van der Waals surface area contributed by atoms with E-state index in [2.05, 4.69) is 16.7 Å². The molecule has 0 radical (unpaired) electrons. The second-order valence-corrected chi connectivity index (χ2v) is 8.82. The lowest BCUT2D eigenvalue weighted by atomic mass is 10.2. The van der Waals surface area contributed by atoms with Gasteiger partial charge in [-0.25, -0.2) is 16.8 Å². The van der Waals surface area contributed by atoms with Crippen LogP contribution in [0.25, 0.3) is 10.9 Å². The van der Waals surface area contributed by atoms with Gasteiger partial charge in [0.25, 0.3) is 10.0 Å². The van der Waals surface area contributed by atoms with Crippen LogP contribution in [0, 0.1) is 5.82 Å². The molecule has 0 spiro atoms. The Labute approximate surface area is 159 Å². The van der Waals surface area contributed by atoms with E-state index in [0.29, 0.717) is 5.52 Å². The van der Waals surface area contributed by atoms with Crippen LogP contribution in [0.4, 0.5) is 10.1 Å². The topological polar surface area (TPSA) is 45.5 Å². The van der Waals surface area contributed by atoms with Crippen molar-refractivity contribution >= 4 is 26.6 Å². The number of halogens is 1. The summed E-state index contributed by atoms with van der Waals surface area (Å²) in [4.78, 5) is 4.23. The second-order valence-electron chi connectivity index (χ2n) is 7.01. The molecule has 0 saturated heterocycles. The molecule has 144 valence electrons. The van der Waals surface area contributed by atoms with Crippen molar-refractivity contribution in [2.75, 3.05) is 32.6 Å². The lowest BCUT2D eigenvalue weighted by Gasteiger charge is -2.28. The van der Waals surface area contributed by atoms with Gasteiger partial charge in [0.05, 0.1) is 16.1 Å². The van der Waals surface area contributed by atoms with Gasteiger partial charge in [-0.05, 0) is 51.4 Å². The van der Waals surface area contributed by atoms with Gasteiger partial charge in [0.1, 0.15) is 5.82 Å². The van der Waals surface area contributed by atoms with Gasteiger partial charge in [-0.3, -0.25) is 0 Å². The number of aromatic nitrogens is 1. The van der Waals surface area contributed by atoms with Crippen molar-refractivity contribution in [3.8, 4) is 0 Å². The van der Waals surface area contributed by atoms with Gasteiger partial charge in [0.2, 0.25) is 0 Å². The Bertz CT molecular complexity index is 1040. The van der Waals surface area contributed by atoms with Crippen LogP contribution in [0.5, 0.6) is 0 Å². The van der Waals surface area contributed by atoms with Crippen LogP contribution >= 0.6 is 0 Å². The summed E-state index contributed by atoms with van der Waals surface area (Å²) >= 11 is 0.